The number of hydrogen-bond donors (Lipinski definition) is 2. The Labute approximate surface area is 182 Å². The third kappa shape index (κ3) is 6.69. The largest absolute Gasteiger partial charge is 0.465 e. The lowest BCUT2D eigenvalue weighted by Gasteiger charge is -2.25. The Balaban J connectivity index is 1.63. The summed E-state index contributed by atoms with van der Waals surface area (Å²) in [6.45, 7) is 3.25. The zero-order valence-corrected chi connectivity index (χ0v) is 17.7. The normalized spacial score (nSPS) is 12.4. The molecule has 1 atom stereocenters. The van der Waals surface area contributed by atoms with Gasteiger partial charge in [0.15, 0.2) is 0 Å². The maximum Gasteiger partial charge on any atom is 0.267 e. The number of hydrogen-bond acceptors (Lipinski definition) is 4. The lowest BCUT2D eigenvalue weighted by atomic mass is 10.2. The van der Waals surface area contributed by atoms with Crippen LogP contribution >= 0.6 is 0 Å². The van der Waals surface area contributed by atoms with Gasteiger partial charge in [-0.2, -0.15) is 0 Å². The molecule has 0 saturated heterocycles. The first-order chi connectivity index (χ1) is 15.0. The molecular formula is C25H27N3O3. The van der Waals surface area contributed by atoms with Gasteiger partial charge in [0.2, 0.25) is 0 Å². The second-order valence-corrected chi connectivity index (χ2v) is 7.35. The molecule has 6 nitrogen and oxygen atoms in total. The maximum atomic E-state index is 12.9. The molecule has 2 N–H and O–H groups in total. The summed E-state index contributed by atoms with van der Waals surface area (Å²) in [5, 5.41) is 5.61. The molecule has 1 heterocycles. The van der Waals surface area contributed by atoms with Crippen LogP contribution in [0, 0.1) is 0 Å². The second-order valence-electron chi connectivity index (χ2n) is 7.35. The fraction of sp³-hybridized carbons (Fsp3) is 0.200. The highest BCUT2D eigenvalue weighted by molar-refractivity contribution is 6.05. The maximum absolute atomic E-state index is 12.9. The smallest absolute Gasteiger partial charge is 0.267 e. The summed E-state index contributed by atoms with van der Waals surface area (Å²) in [5.74, 6) is -0.254. The fourth-order valence-electron chi connectivity index (χ4n) is 2.98. The minimum absolute atomic E-state index is 0.0962. The summed E-state index contributed by atoms with van der Waals surface area (Å²) in [5.41, 5.74) is 1.80. The van der Waals surface area contributed by atoms with Crippen LogP contribution in [0.1, 0.15) is 28.6 Å². The highest BCUT2D eigenvalue weighted by atomic mass is 16.3. The van der Waals surface area contributed by atoms with E-state index < -0.39 is 0 Å². The Morgan fingerprint density at radius 3 is 2.32 bits per heavy atom. The Bertz CT molecular complexity index is 999. The molecule has 0 spiro atoms. The van der Waals surface area contributed by atoms with Crippen molar-refractivity contribution >= 4 is 17.9 Å². The van der Waals surface area contributed by atoms with Gasteiger partial charge in [-0.05, 0) is 43.8 Å². The molecule has 3 aromatic rings. The molecule has 0 radical (unpaired) electrons. The van der Waals surface area contributed by atoms with Crippen LogP contribution in [0.25, 0.3) is 6.08 Å². The molecule has 31 heavy (non-hydrogen) atoms. The van der Waals surface area contributed by atoms with E-state index in [1.165, 1.54) is 17.9 Å². The van der Waals surface area contributed by atoms with Crippen LogP contribution in [0.4, 0.5) is 0 Å². The van der Waals surface area contributed by atoms with Crippen molar-refractivity contribution in [1.82, 2.24) is 15.5 Å². The molecule has 0 saturated carbocycles. The van der Waals surface area contributed by atoms with Crippen LogP contribution in [0.15, 0.2) is 89.2 Å². The monoisotopic (exact) mass is 417 g/mol. The zero-order chi connectivity index (χ0) is 22.1. The molecule has 1 aromatic heterocycles. The lowest BCUT2D eigenvalue weighted by Crippen LogP contribution is -2.42. The summed E-state index contributed by atoms with van der Waals surface area (Å²) in [6, 6.07) is 22.5. The molecule has 6 heteroatoms. The molecule has 2 aromatic carbocycles. The predicted molar refractivity (Wildman–Crippen MR) is 121 cm³/mol. The van der Waals surface area contributed by atoms with Crippen LogP contribution in [-0.4, -0.2) is 36.3 Å². The first-order valence-electron chi connectivity index (χ1n) is 10.2. The molecule has 0 bridgehead atoms. The summed E-state index contributed by atoms with van der Waals surface area (Å²) in [7, 11) is 2.01. The van der Waals surface area contributed by atoms with E-state index in [0.29, 0.717) is 17.9 Å². The SMILES string of the molecule is CC(CNC(=O)/C(=C/c1ccco1)NC(=O)c1ccccc1)N(C)Cc1ccccc1. The Kier molecular flexibility index (Phi) is 7.79. The van der Waals surface area contributed by atoms with Gasteiger partial charge in [0.25, 0.3) is 11.8 Å². The van der Waals surface area contributed by atoms with Crippen molar-refractivity contribution in [2.24, 2.45) is 0 Å². The number of carbonyl (C=O) groups is 2. The number of nitrogens with one attached hydrogen (secondary N) is 2. The molecule has 0 aliphatic rings. The highest BCUT2D eigenvalue weighted by Gasteiger charge is 2.17. The van der Waals surface area contributed by atoms with E-state index in [0.717, 1.165) is 6.54 Å². The van der Waals surface area contributed by atoms with E-state index in [9.17, 15) is 9.59 Å². The van der Waals surface area contributed by atoms with Crippen LogP contribution in [0.5, 0.6) is 0 Å². The van der Waals surface area contributed by atoms with E-state index in [-0.39, 0.29) is 23.6 Å². The number of nitrogens with zero attached hydrogens (tertiary/aromatic N) is 1. The van der Waals surface area contributed by atoms with Crippen molar-refractivity contribution in [3.8, 4) is 0 Å². The van der Waals surface area contributed by atoms with Crippen molar-refractivity contribution < 1.29 is 14.0 Å². The number of carbonyl (C=O) groups excluding carboxylic acids is 2. The van der Waals surface area contributed by atoms with Crippen molar-refractivity contribution in [2.45, 2.75) is 19.5 Å². The Morgan fingerprint density at radius 1 is 1.00 bits per heavy atom. The number of likely N-dealkylation sites (N-methyl/N-ethyl adjacent to an activating group) is 1. The summed E-state index contributed by atoms with van der Waals surface area (Å²) in [6.07, 6.45) is 3.04. The van der Waals surface area contributed by atoms with Gasteiger partial charge in [-0.3, -0.25) is 14.5 Å². The van der Waals surface area contributed by atoms with Crippen LogP contribution in [0.2, 0.25) is 0 Å². The molecular weight excluding hydrogens is 390 g/mol. The standard InChI is InChI=1S/C25H27N3O3/c1-19(28(2)18-20-10-5-3-6-11-20)17-26-25(30)23(16-22-14-9-15-31-22)27-24(29)21-12-7-4-8-13-21/h3-16,19H,17-18H2,1-2H3,(H,26,30)(H,27,29)/b23-16-. The van der Waals surface area contributed by atoms with Gasteiger partial charge in [0.05, 0.1) is 6.26 Å². The van der Waals surface area contributed by atoms with E-state index >= 15 is 0 Å². The van der Waals surface area contributed by atoms with Crippen molar-refractivity contribution in [2.75, 3.05) is 13.6 Å². The van der Waals surface area contributed by atoms with Gasteiger partial charge in [-0.25, -0.2) is 0 Å². The number of furan rings is 1. The van der Waals surface area contributed by atoms with Gasteiger partial charge in [0, 0.05) is 30.8 Å². The van der Waals surface area contributed by atoms with Crippen LogP contribution in [0.3, 0.4) is 0 Å². The molecule has 160 valence electrons. The lowest BCUT2D eigenvalue weighted by molar-refractivity contribution is -0.117. The van der Waals surface area contributed by atoms with Crippen molar-refractivity contribution in [3.63, 3.8) is 0 Å². The van der Waals surface area contributed by atoms with Crippen LogP contribution in [-0.2, 0) is 11.3 Å². The van der Waals surface area contributed by atoms with Gasteiger partial charge in [0.1, 0.15) is 11.5 Å². The summed E-state index contributed by atoms with van der Waals surface area (Å²) >= 11 is 0. The predicted octanol–water partition coefficient (Wildman–Crippen LogP) is 3.69. The minimum atomic E-state index is -0.374. The topological polar surface area (TPSA) is 74.6 Å². The average molecular weight is 418 g/mol. The molecule has 2 amide bonds. The van der Waals surface area contributed by atoms with E-state index in [1.807, 2.05) is 38.2 Å². The van der Waals surface area contributed by atoms with Crippen molar-refractivity contribution in [1.29, 1.82) is 0 Å². The quantitative estimate of drug-likeness (QED) is 0.521. The molecule has 0 aliphatic carbocycles. The first kappa shape index (κ1) is 22.1. The molecule has 1 unspecified atom stereocenters. The molecule has 0 fully saturated rings. The second kappa shape index (κ2) is 10.9. The number of benzene rings is 2. The third-order valence-electron chi connectivity index (χ3n) is 4.94. The third-order valence-corrected chi connectivity index (χ3v) is 4.94. The number of amides is 2. The highest BCUT2D eigenvalue weighted by Crippen LogP contribution is 2.09. The Morgan fingerprint density at radius 2 is 1.68 bits per heavy atom. The molecule has 3 rings (SSSR count). The summed E-state index contributed by atoms with van der Waals surface area (Å²) in [4.78, 5) is 27.6. The molecule has 0 aliphatic heterocycles. The number of rotatable bonds is 9. The van der Waals surface area contributed by atoms with E-state index in [1.54, 1.807) is 36.4 Å². The zero-order valence-electron chi connectivity index (χ0n) is 17.7. The van der Waals surface area contributed by atoms with E-state index in [2.05, 4.69) is 27.7 Å². The van der Waals surface area contributed by atoms with Gasteiger partial charge < -0.3 is 15.1 Å². The van der Waals surface area contributed by atoms with Gasteiger partial charge >= 0.3 is 0 Å². The van der Waals surface area contributed by atoms with Gasteiger partial charge in [-0.15, -0.1) is 0 Å². The van der Waals surface area contributed by atoms with E-state index in [4.69, 9.17) is 4.42 Å². The van der Waals surface area contributed by atoms with Gasteiger partial charge in [-0.1, -0.05) is 48.5 Å². The first-order valence-corrected chi connectivity index (χ1v) is 10.2. The average Bonchev–Trinajstić information content (AvgIpc) is 3.31. The van der Waals surface area contributed by atoms with Crippen molar-refractivity contribution in [3.05, 3.63) is 102 Å². The minimum Gasteiger partial charge on any atom is -0.465 e. The Hall–Kier alpha value is -3.64. The fourth-order valence-corrected chi connectivity index (χ4v) is 2.98. The van der Waals surface area contributed by atoms with Crippen LogP contribution < -0.4 is 10.6 Å². The summed E-state index contributed by atoms with van der Waals surface area (Å²) < 4.78 is 5.32.